The molecule has 0 aromatic heterocycles. The van der Waals surface area contributed by atoms with Crippen molar-refractivity contribution in [3.05, 3.63) is 48.0 Å². The number of likely N-dealkylation sites (tertiary alicyclic amines) is 2. The Labute approximate surface area is 283 Å². The Kier molecular flexibility index (Phi) is 11.1. The number of benzene rings is 2. The van der Waals surface area contributed by atoms with Gasteiger partial charge in [-0.15, -0.1) is 0 Å². The summed E-state index contributed by atoms with van der Waals surface area (Å²) in [5.74, 6) is -2.30. The molecule has 4 amide bonds. The molecule has 0 bridgehead atoms. The van der Waals surface area contributed by atoms with E-state index < -0.39 is 35.7 Å². The van der Waals surface area contributed by atoms with Gasteiger partial charge in [0.1, 0.15) is 12.1 Å². The summed E-state index contributed by atoms with van der Waals surface area (Å²) in [6.45, 7) is 2.20. The van der Waals surface area contributed by atoms with Crippen LogP contribution in [0.3, 0.4) is 0 Å². The Hall–Kier alpha value is -3.79. The number of piperidine rings is 1. The molecule has 2 saturated heterocycles. The molecule has 2 aliphatic carbocycles. The number of ketones is 1. The summed E-state index contributed by atoms with van der Waals surface area (Å²) >= 11 is 0. The molecule has 2 heterocycles. The van der Waals surface area contributed by atoms with Gasteiger partial charge < -0.3 is 21.3 Å². The number of nitrogens with two attached hydrogens (primary N) is 1. The van der Waals surface area contributed by atoms with Gasteiger partial charge in [0.2, 0.25) is 17.6 Å². The van der Waals surface area contributed by atoms with E-state index >= 15 is 0 Å². The third-order valence-electron chi connectivity index (χ3n) is 11.4. The third-order valence-corrected chi connectivity index (χ3v) is 11.4. The minimum Gasteiger partial charge on any atom is -0.363 e. The smallest absolute Gasteiger partial charge is 0.287 e. The summed E-state index contributed by atoms with van der Waals surface area (Å²) < 4.78 is 0. The molecule has 2 aromatic rings. The monoisotopic (exact) mass is 657 g/mol. The molecule has 48 heavy (non-hydrogen) atoms. The van der Waals surface area contributed by atoms with E-state index in [1.165, 1.54) is 6.42 Å². The van der Waals surface area contributed by atoms with Gasteiger partial charge in [0.05, 0.1) is 6.04 Å². The van der Waals surface area contributed by atoms with E-state index in [1.54, 1.807) is 11.0 Å². The van der Waals surface area contributed by atoms with Crippen molar-refractivity contribution in [3.63, 3.8) is 0 Å². The van der Waals surface area contributed by atoms with Gasteiger partial charge in [-0.3, -0.25) is 28.9 Å². The Bertz CT molecular complexity index is 1500. The van der Waals surface area contributed by atoms with Crippen LogP contribution in [0.25, 0.3) is 10.8 Å². The van der Waals surface area contributed by atoms with Gasteiger partial charge in [0.15, 0.2) is 0 Å². The lowest BCUT2D eigenvalue weighted by molar-refractivity contribution is -0.142. The number of hydrogen-bond acceptors (Lipinski definition) is 6. The number of amides is 4. The van der Waals surface area contributed by atoms with Gasteiger partial charge in [-0.05, 0) is 79.9 Å². The minimum absolute atomic E-state index is 0.00607. The molecule has 2 unspecified atom stereocenters. The van der Waals surface area contributed by atoms with E-state index in [-0.39, 0.29) is 23.8 Å². The molecule has 4 aliphatic rings. The molecule has 4 N–H and O–H groups in total. The fourth-order valence-corrected chi connectivity index (χ4v) is 8.34. The average Bonchev–Trinajstić information content (AvgIpc) is 3.54. The van der Waals surface area contributed by atoms with Crippen molar-refractivity contribution in [3.8, 4) is 0 Å². The molecule has 0 radical (unpaired) electrons. The number of Topliss-reactive ketones (excluding diaryl/α,β-unsaturated/α-hetero) is 1. The number of nitrogens with zero attached hydrogens (tertiary/aromatic N) is 2. The summed E-state index contributed by atoms with van der Waals surface area (Å²) in [6, 6.07) is 10.8. The summed E-state index contributed by atoms with van der Waals surface area (Å²) in [4.78, 5) is 71.3. The van der Waals surface area contributed by atoms with Gasteiger partial charge in [-0.1, -0.05) is 88.1 Å². The summed E-state index contributed by atoms with van der Waals surface area (Å²) in [6.07, 6.45) is 13.0. The number of rotatable bonds is 12. The summed E-state index contributed by atoms with van der Waals surface area (Å²) in [5.41, 5.74) is 5.89. The molecule has 10 nitrogen and oxygen atoms in total. The quantitative estimate of drug-likeness (QED) is 0.294. The predicted molar refractivity (Wildman–Crippen MR) is 184 cm³/mol. The minimum atomic E-state index is -1.06. The molecular formula is C38H51N5O5. The molecular weight excluding hydrogens is 606 g/mol. The van der Waals surface area contributed by atoms with Crippen molar-refractivity contribution in [2.24, 2.45) is 17.6 Å². The van der Waals surface area contributed by atoms with Crippen LogP contribution in [-0.4, -0.2) is 83.0 Å². The van der Waals surface area contributed by atoms with E-state index in [1.807, 2.05) is 36.4 Å². The van der Waals surface area contributed by atoms with Crippen molar-refractivity contribution in [2.75, 3.05) is 19.6 Å². The fourth-order valence-electron chi connectivity index (χ4n) is 8.34. The maximum absolute atomic E-state index is 14.7. The van der Waals surface area contributed by atoms with Crippen LogP contribution in [0.5, 0.6) is 0 Å². The number of carbonyl (C=O) groups excluding carboxylic acids is 5. The normalized spacial score (nSPS) is 23.6. The zero-order valence-electron chi connectivity index (χ0n) is 28.0. The lowest BCUT2D eigenvalue weighted by Crippen LogP contribution is -2.56. The molecule has 0 spiro atoms. The number of nitrogens with one attached hydrogen (secondary N) is 2. The number of fused-ring (bicyclic) bond motifs is 1. The van der Waals surface area contributed by atoms with Gasteiger partial charge in [-0.25, -0.2) is 0 Å². The van der Waals surface area contributed by atoms with Crippen molar-refractivity contribution in [2.45, 2.75) is 114 Å². The van der Waals surface area contributed by atoms with Crippen molar-refractivity contribution < 1.29 is 24.0 Å². The predicted octanol–water partition coefficient (Wildman–Crippen LogP) is 4.09. The van der Waals surface area contributed by atoms with Gasteiger partial charge >= 0.3 is 0 Å². The highest BCUT2D eigenvalue weighted by atomic mass is 16.2. The molecule has 258 valence electrons. The first-order chi connectivity index (χ1) is 23.3. The van der Waals surface area contributed by atoms with Gasteiger partial charge in [0.25, 0.3) is 11.8 Å². The van der Waals surface area contributed by atoms with E-state index in [0.717, 1.165) is 88.1 Å². The first kappa shape index (κ1) is 34.1. The van der Waals surface area contributed by atoms with E-state index in [0.29, 0.717) is 37.3 Å². The second kappa shape index (κ2) is 15.6. The number of hydrogen-bond donors (Lipinski definition) is 3. The highest BCUT2D eigenvalue weighted by molar-refractivity contribution is 6.37. The van der Waals surface area contributed by atoms with Crippen LogP contribution in [0.2, 0.25) is 0 Å². The zero-order valence-corrected chi connectivity index (χ0v) is 28.0. The first-order valence-electron chi connectivity index (χ1n) is 18.2. The SMILES string of the molecule is NC(=O)C(=O)C(CC1CCC1)NC(=O)[C@@H]1C[C@H](N2CCCCC2)CN1C(=O)C(CC1CCCCC1)NC(=O)c1ccc2ccccc2c1. The highest BCUT2D eigenvalue weighted by Gasteiger charge is 2.45. The molecule has 2 saturated carbocycles. The standard InChI is InChI=1S/C38H51N5O5/c39-35(45)34(44)31(20-26-12-9-13-26)40-37(47)33-23-30(42-18-7-2-8-19-42)24-43(33)38(48)32(21-25-10-3-1-4-11-25)41-36(46)29-17-16-27-14-5-6-15-28(27)22-29/h5-6,14-17,22,25-26,30-33H,1-4,7-13,18-21,23-24H2,(H2,39,45)(H,40,47)(H,41,46)/t30-,31?,32?,33-/m0/s1. The zero-order chi connectivity index (χ0) is 33.6. The van der Waals surface area contributed by atoms with E-state index in [4.69, 9.17) is 5.73 Å². The molecule has 10 heteroatoms. The maximum atomic E-state index is 14.7. The Morgan fingerprint density at radius 2 is 1.40 bits per heavy atom. The lowest BCUT2D eigenvalue weighted by Gasteiger charge is -2.33. The van der Waals surface area contributed by atoms with Crippen LogP contribution < -0.4 is 16.4 Å². The molecule has 6 rings (SSSR count). The fraction of sp³-hybridized carbons (Fsp3) is 0.605. The second-order valence-electron chi connectivity index (χ2n) is 14.6. The van der Waals surface area contributed by atoms with Crippen LogP contribution in [0.15, 0.2) is 42.5 Å². The molecule has 2 aromatic carbocycles. The van der Waals surface area contributed by atoms with Crippen LogP contribution >= 0.6 is 0 Å². The average molecular weight is 658 g/mol. The Balaban J connectivity index is 1.25. The maximum Gasteiger partial charge on any atom is 0.287 e. The van der Waals surface area contributed by atoms with Crippen LogP contribution in [0.4, 0.5) is 0 Å². The van der Waals surface area contributed by atoms with Crippen LogP contribution in [0, 0.1) is 11.8 Å². The van der Waals surface area contributed by atoms with E-state index in [9.17, 15) is 24.0 Å². The Morgan fingerprint density at radius 1 is 0.750 bits per heavy atom. The molecule has 2 aliphatic heterocycles. The molecule has 4 fully saturated rings. The van der Waals surface area contributed by atoms with E-state index in [2.05, 4.69) is 15.5 Å². The largest absolute Gasteiger partial charge is 0.363 e. The number of carbonyl (C=O) groups is 5. The summed E-state index contributed by atoms with van der Waals surface area (Å²) in [5, 5.41) is 7.94. The van der Waals surface area contributed by atoms with Gasteiger partial charge in [-0.2, -0.15) is 0 Å². The molecule has 4 atom stereocenters. The summed E-state index contributed by atoms with van der Waals surface area (Å²) in [7, 11) is 0. The lowest BCUT2D eigenvalue weighted by atomic mass is 9.80. The van der Waals surface area contributed by atoms with Crippen molar-refractivity contribution in [1.29, 1.82) is 0 Å². The number of primary amides is 1. The topological polar surface area (TPSA) is 142 Å². The van der Waals surface area contributed by atoms with Crippen molar-refractivity contribution in [1.82, 2.24) is 20.4 Å². The highest BCUT2D eigenvalue weighted by Crippen LogP contribution is 2.33. The second-order valence-corrected chi connectivity index (χ2v) is 14.6. The van der Waals surface area contributed by atoms with Gasteiger partial charge in [0, 0.05) is 18.2 Å². The third kappa shape index (κ3) is 8.08. The van der Waals surface area contributed by atoms with Crippen LogP contribution in [-0.2, 0) is 19.2 Å². The van der Waals surface area contributed by atoms with Crippen LogP contribution in [0.1, 0.15) is 100 Å². The first-order valence-corrected chi connectivity index (χ1v) is 18.2. The Morgan fingerprint density at radius 3 is 2.06 bits per heavy atom. The van der Waals surface area contributed by atoms with Crippen molar-refractivity contribution >= 4 is 40.2 Å².